The maximum Gasteiger partial charge on any atom is 0.413 e. The summed E-state index contributed by atoms with van der Waals surface area (Å²) in [5.74, 6) is -1.06. The van der Waals surface area contributed by atoms with Gasteiger partial charge in [0.15, 0.2) is 0 Å². The van der Waals surface area contributed by atoms with E-state index in [0.29, 0.717) is 11.1 Å². The second-order valence-electron chi connectivity index (χ2n) is 9.37. The standard InChI is InChI=1S/C22H34N2O8/c1-13-14(2)17(11-10-16(13)24(28)29)30-20(27)23-15(19(26)32-22(6,7)8)9-12-18(25)31-21(3,4)5/h10-11,15,28-29H,9,12H2,1-8H3,(H,23,27). The molecule has 180 valence electrons. The SMILES string of the molecule is Cc1c(OC(=O)NC(CCC(=O)OC(C)(C)C)C(=O)OC(C)(C)C)ccc(N(O)O)c1C. The highest BCUT2D eigenvalue weighted by Crippen LogP contribution is 2.29. The lowest BCUT2D eigenvalue weighted by Gasteiger charge is -2.25. The van der Waals surface area contributed by atoms with Crippen molar-refractivity contribution in [1.82, 2.24) is 5.32 Å². The van der Waals surface area contributed by atoms with Crippen molar-refractivity contribution in [3.8, 4) is 5.75 Å². The number of carbonyl (C=O) groups is 3. The van der Waals surface area contributed by atoms with Gasteiger partial charge in [0.2, 0.25) is 0 Å². The zero-order valence-electron chi connectivity index (χ0n) is 19.9. The molecule has 1 aromatic rings. The monoisotopic (exact) mass is 454 g/mol. The van der Waals surface area contributed by atoms with Gasteiger partial charge in [-0.15, -0.1) is 5.23 Å². The number of nitrogens with zero attached hydrogens (tertiary/aromatic N) is 1. The summed E-state index contributed by atoms with van der Waals surface area (Å²) in [6.45, 7) is 13.5. The molecule has 0 aliphatic heterocycles. The number of amides is 1. The normalized spacial score (nSPS) is 12.6. The third-order valence-electron chi connectivity index (χ3n) is 4.17. The smallest absolute Gasteiger partial charge is 0.413 e. The average molecular weight is 455 g/mol. The number of ether oxygens (including phenoxy) is 3. The van der Waals surface area contributed by atoms with Crippen LogP contribution in [-0.2, 0) is 19.1 Å². The number of rotatable bonds is 7. The van der Waals surface area contributed by atoms with Crippen LogP contribution in [-0.4, -0.2) is 45.7 Å². The molecule has 0 heterocycles. The molecule has 0 aliphatic carbocycles. The highest BCUT2D eigenvalue weighted by atomic mass is 16.8. The zero-order chi connectivity index (χ0) is 24.9. The maximum absolute atomic E-state index is 12.6. The summed E-state index contributed by atoms with van der Waals surface area (Å²) in [7, 11) is 0. The van der Waals surface area contributed by atoms with Crippen molar-refractivity contribution >= 4 is 23.7 Å². The van der Waals surface area contributed by atoms with E-state index in [1.54, 1.807) is 55.4 Å². The van der Waals surface area contributed by atoms with E-state index in [0.717, 1.165) is 0 Å². The molecule has 0 saturated heterocycles. The van der Waals surface area contributed by atoms with Crippen LogP contribution in [0.2, 0.25) is 0 Å². The molecule has 1 rings (SSSR count). The van der Waals surface area contributed by atoms with Gasteiger partial charge in [-0.05, 0) is 85.1 Å². The Labute approximate surface area is 188 Å². The minimum absolute atomic E-state index is 0.0264. The summed E-state index contributed by atoms with van der Waals surface area (Å²) in [6.07, 6.45) is -1.08. The van der Waals surface area contributed by atoms with Crippen LogP contribution < -0.4 is 15.3 Å². The molecule has 1 unspecified atom stereocenters. The molecule has 0 spiro atoms. The first-order valence-electron chi connectivity index (χ1n) is 10.2. The molecule has 1 aromatic carbocycles. The first kappa shape index (κ1) is 27.2. The van der Waals surface area contributed by atoms with E-state index in [1.165, 1.54) is 12.1 Å². The first-order chi connectivity index (χ1) is 14.5. The molecule has 10 nitrogen and oxygen atoms in total. The van der Waals surface area contributed by atoms with Gasteiger partial charge in [-0.1, -0.05) is 0 Å². The summed E-state index contributed by atoms with van der Waals surface area (Å²) in [5.41, 5.74) is -0.372. The number of hydrogen-bond donors (Lipinski definition) is 3. The molecule has 1 amide bonds. The van der Waals surface area contributed by atoms with Crippen LogP contribution in [0.4, 0.5) is 10.5 Å². The van der Waals surface area contributed by atoms with Crippen LogP contribution in [0.5, 0.6) is 5.75 Å². The Kier molecular flexibility index (Phi) is 9.04. The molecule has 3 N–H and O–H groups in total. The van der Waals surface area contributed by atoms with Gasteiger partial charge >= 0.3 is 18.0 Å². The van der Waals surface area contributed by atoms with Gasteiger partial charge in [0, 0.05) is 6.42 Å². The summed E-state index contributed by atoms with van der Waals surface area (Å²) in [6, 6.07) is 1.61. The topological polar surface area (TPSA) is 135 Å². The fourth-order valence-electron chi connectivity index (χ4n) is 2.66. The molecule has 0 aromatic heterocycles. The van der Waals surface area contributed by atoms with Gasteiger partial charge in [-0.3, -0.25) is 15.2 Å². The van der Waals surface area contributed by atoms with Gasteiger partial charge < -0.3 is 19.5 Å². The van der Waals surface area contributed by atoms with Crippen LogP contribution in [0.15, 0.2) is 12.1 Å². The number of hydrogen-bond acceptors (Lipinski definition) is 9. The van der Waals surface area contributed by atoms with Gasteiger partial charge in [0.1, 0.15) is 23.0 Å². The van der Waals surface area contributed by atoms with Gasteiger partial charge in [0.05, 0.1) is 5.69 Å². The Bertz CT molecular complexity index is 838. The predicted molar refractivity (Wildman–Crippen MR) is 116 cm³/mol. The zero-order valence-corrected chi connectivity index (χ0v) is 19.9. The van der Waals surface area contributed by atoms with Crippen molar-refractivity contribution in [2.45, 2.75) is 85.5 Å². The Morgan fingerprint density at radius 2 is 1.53 bits per heavy atom. The number of carbonyl (C=O) groups excluding carboxylic acids is 3. The number of esters is 2. The van der Waals surface area contributed by atoms with Crippen LogP contribution in [0.25, 0.3) is 0 Å². The van der Waals surface area contributed by atoms with Crippen molar-refractivity contribution in [2.75, 3.05) is 5.23 Å². The van der Waals surface area contributed by atoms with Crippen molar-refractivity contribution in [3.63, 3.8) is 0 Å². The molecule has 0 fully saturated rings. The lowest BCUT2D eigenvalue weighted by molar-refractivity contribution is -0.158. The number of nitrogens with one attached hydrogen (secondary N) is 1. The molecule has 1 atom stereocenters. The second-order valence-corrected chi connectivity index (χ2v) is 9.37. The van der Waals surface area contributed by atoms with Crippen molar-refractivity contribution in [1.29, 1.82) is 0 Å². The van der Waals surface area contributed by atoms with E-state index >= 15 is 0 Å². The van der Waals surface area contributed by atoms with E-state index in [2.05, 4.69) is 5.32 Å². The fourth-order valence-corrected chi connectivity index (χ4v) is 2.66. The van der Waals surface area contributed by atoms with Gasteiger partial charge in [-0.2, -0.15) is 0 Å². The summed E-state index contributed by atoms with van der Waals surface area (Å²) in [5, 5.41) is 20.9. The Morgan fingerprint density at radius 1 is 0.969 bits per heavy atom. The Morgan fingerprint density at radius 3 is 2.03 bits per heavy atom. The Balaban J connectivity index is 2.94. The van der Waals surface area contributed by atoms with E-state index in [1.807, 2.05) is 0 Å². The third-order valence-corrected chi connectivity index (χ3v) is 4.17. The number of benzene rings is 1. The molecule has 0 aliphatic rings. The van der Waals surface area contributed by atoms with Crippen molar-refractivity contribution in [3.05, 3.63) is 23.3 Å². The number of anilines is 1. The largest absolute Gasteiger partial charge is 0.460 e. The third kappa shape index (κ3) is 9.11. The van der Waals surface area contributed by atoms with Crippen LogP contribution in [0, 0.1) is 13.8 Å². The molecule has 0 bridgehead atoms. The molecular weight excluding hydrogens is 420 g/mol. The van der Waals surface area contributed by atoms with Gasteiger partial charge in [-0.25, -0.2) is 9.59 Å². The lowest BCUT2D eigenvalue weighted by Crippen LogP contribution is -2.45. The first-order valence-corrected chi connectivity index (χ1v) is 10.2. The summed E-state index contributed by atoms with van der Waals surface area (Å²) < 4.78 is 15.9. The lowest BCUT2D eigenvalue weighted by atomic mass is 10.1. The van der Waals surface area contributed by atoms with Crippen molar-refractivity contribution in [2.24, 2.45) is 0 Å². The predicted octanol–water partition coefficient (Wildman–Crippen LogP) is 3.81. The van der Waals surface area contributed by atoms with E-state index in [-0.39, 0.29) is 29.5 Å². The molecule has 10 heteroatoms. The highest BCUT2D eigenvalue weighted by Gasteiger charge is 2.29. The van der Waals surface area contributed by atoms with Crippen LogP contribution in [0.3, 0.4) is 0 Å². The van der Waals surface area contributed by atoms with Crippen molar-refractivity contribution < 1.29 is 39.0 Å². The summed E-state index contributed by atoms with van der Waals surface area (Å²) >= 11 is 0. The van der Waals surface area contributed by atoms with E-state index in [4.69, 9.17) is 14.2 Å². The minimum atomic E-state index is -1.14. The van der Waals surface area contributed by atoms with Crippen LogP contribution >= 0.6 is 0 Å². The van der Waals surface area contributed by atoms with E-state index in [9.17, 15) is 24.8 Å². The fraction of sp³-hybridized carbons (Fsp3) is 0.591. The Hall–Kier alpha value is -2.85. The van der Waals surface area contributed by atoms with Gasteiger partial charge in [0.25, 0.3) is 0 Å². The quantitative estimate of drug-likeness (QED) is 0.415. The van der Waals surface area contributed by atoms with Crippen LogP contribution in [0.1, 0.15) is 65.5 Å². The average Bonchev–Trinajstić information content (AvgIpc) is 2.59. The molecule has 32 heavy (non-hydrogen) atoms. The minimum Gasteiger partial charge on any atom is -0.460 e. The van der Waals surface area contributed by atoms with E-state index < -0.39 is 35.3 Å². The molecular formula is C22H34N2O8. The molecule has 0 radical (unpaired) electrons. The second kappa shape index (κ2) is 10.6. The summed E-state index contributed by atoms with van der Waals surface area (Å²) in [4.78, 5) is 37.1. The highest BCUT2D eigenvalue weighted by molar-refractivity contribution is 5.83. The maximum atomic E-state index is 12.6. The molecule has 0 saturated carbocycles.